The normalized spacial score (nSPS) is 18.0. The predicted octanol–water partition coefficient (Wildman–Crippen LogP) is 3.98. The molecule has 0 radical (unpaired) electrons. The largest absolute Gasteiger partial charge is 0.469 e. The maximum atomic E-state index is 12.5. The average Bonchev–Trinajstić information content (AvgIpc) is 3.30. The van der Waals surface area contributed by atoms with Crippen LogP contribution in [0.15, 0.2) is 65.5 Å². The standard InChI is InChI=1S/C21H19N3O3/c1-13-4-5-15(11-18(13)24-20(25)14-6-8-22-9-7-14)23-21(26)17-12-16(17)19-3-2-10-27-19/h2-11,16-17H,12H2,1H3,(H,23,26)(H,24,25). The Balaban J connectivity index is 1.43. The lowest BCUT2D eigenvalue weighted by Crippen LogP contribution is -2.16. The molecule has 4 rings (SSSR count). The Labute approximate surface area is 156 Å². The lowest BCUT2D eigenvalue weighted by Gasteiger charge is -2.11. The molecule has 6 heteroatoms. The summed E-state index contributed by atoms with van der Waals surface area (Å²) in [5, 5.41) is 5.82. The number of nitrogens with zero attached hydrogens (tertiary/aromatic N) is 1. The first-order valence-electron chi connectivity index (χ1n) is 8.78. The van der Waals surface area contributed by atoms with Gasteiger partial charge in [-0.25, -0.2) is 0 Å². The van der Waals surface area contributed by atoms with Crippen molar-refractivity contribution in [2.24, 2.45) is 5.92 Å². The quantitative estimate of drug-likeness (QED) is 0.720. The van der Waals surface area contributed by atoms with Crippen molar-refractivity contribution in [2.45, 2.75) is 19.3 Å². The molecule has 2 aromatic heterocycles. The summed E-state index contributed by atoms with van der Waals surface area (Å²) in [7, 11) is 0. The molecule has 0 aliphatic heterocycles. The number of aromatic nitrogens is 1. The van der Waals surface area contributed by atoms with Gasteiger partial charge in [-0.1, -0.05) is 6.07 Å². The molecule has 2 atom stereocenters. The Kier molecular flexibility index (Phi) is 4.46. The van der Waals surface area contributed by atoms with Gasteiger partial charge in [0.2, 0.25) is 5.91 Å². The van der Waals surface area contributed by atoms with Gasteiger partial charge >= 0.3 is 0 Å². The molecule has 2 unspecified atom stereocenters. The zero-order valence-electron chi connectivity index (χ0n) is 14.8. The van der Waals surface area contributed by atoms with Crippen molar-refractivity contribution in [2.75, 3.05) is 10.6 Å². The predicted molar refractivity (Wildman–Crippen MR) is 102 cm³/mol. The van der Waals surface area contributed by atoms with Crippen molar-refractivity contribution >= 4 is 23.2 Å². The molecule has 2 heterocycles. The summed E-state index contributed by atoms with van der Waals surface area (Å²) in [5.74, 6) is 0.670. The number of anilines is 2. The monoisotopic (exact) mass is 361 g/mol. The van der Waals surface area contributed by atoms with Crippen LogP contribution in [0.3, 0.4) is 0 Å². The molecule has 27 heavy (non-hydrogen) atoms. The van der Waals surface area contributed by atoms with E-state index in [0.29, 0.717) is 16.9 Å². The van der Waals surface area contributed by atoms with Gasteiger partial charge in [0.1, 0.15) is 5.76 Å². The number of carbonyl (C=O) groups is 2. The number of hydrogen-bond donors (Lipinski definition) is 2. The summed E-state index contributed by atoms with van der Waals surface area (Å²) in [5.41, 5.74) is 2.75. The van der Waals surface area contributed by atoms with Gasteiger partial charge in [-0.3, -0.25) is 14.6 Å². The van der Waals surface area contributed by atoms with E-state index in [1.807, 2.05) is 31.2 Å². The van der Waals surface area contributed by atoms with Gasteiger partial charge in [-0.05, 0) is 55.3 Å². The lowest BCUT2D eigenvalue weighted by molar-refractivity contribution is -0.117. The Morgan fingerprint density at radius 1 is 1.11 bits per heavy atom. The minimum absolute atomic E-state index is 0.0355. The fourth-order valence-electron chi connectivity index (χ4n) is 3.07. The van der Waals surface area contributed by atoms with Crippen LogP contribution in [0.2, 0.25) is 0 Å². The second-order valence-corrected chi connectivity index (χ2v) is 6.67. The zero-order valence-corrected chi connectivity index (χ0v) is 14.8. The van der Waals surface area contributed by atoms with E-state index >= 15 is 0 Å². The van der Waals surface area contributed by atoms with Crippen molar-refractivity contribution in [1.29, 1.82) is 0 Å². The maximum absolute atomic E-state index is 12.5. The van der Waals surface area contributed by atoms with E-state index in [9.17, 15) is 9.59 Å². The van der Waals surface area contributed by atoms with Crippen molar-refractivity contribution in [1.82, 2.24) is 4.98 Å². The molecule has 6 nitrogen and oxygen atoms in total. The van der Waals surface area contributed by atoms with E-state index in [2.05, 4.69) is 15.6 Å². The van der Waals surface area contributed by atoms with Gasteiger partial charge in [0.05, 0.1) is 6.26 Å². The number of pyridine rings is 1. The van der Waals surface area contributed by atoms with Gasteiger partial charge in [0, 0.05) is 41.2 Å². The first kappa shape index (κ1) is 17.0. The fourth-order valence-corrected chi connectivity index (χ4v) is 3.07. The molecule has 2 amide bonds. The van der Waals surface area contributed by atoms with Crippen LogP contribution in [-0.4, -0.2) is 16.8 Å². The maximum Gasteiger partial charge on any atom is 0.255 e. The number of amides is 2. The summed E-state index contributed by atoms with van der Waals surface area (Å²) >= 11 is 0. The Morgan fingerprint density at radius 2 is 1.93 bits per heavy atom. The molecular formula is C21H19N3O3. The van der Waals surface area contributed by atoms with E-state index in [1.165, 1.54) is 0 Å². The van der Waals surface area contributed by atoms with Crippen molar-refractivity contribution in [3.8, 4) is 0 Å². The summed E-state index contributed by atoms with van der Waals surface area (Å²) in [6.45, 7) is 1.90. The molecule has 0 spiro atoms. The van der Waals surface area contributed by atoms with E-state index in [0.717, 1.165) is 17.7 Å². The van der Waals surface area contributed by atoms with Crippen LogP contribution in [0.4, 0.5) is 11.4 Å². The van der Waals surface area contributed by atoms with Crippen LogP contribution >= 0.6 is 0 Å². The van der Waals surface area contributed by atoms with Crippen molar-refractivity contribution in [3.05, 3.63) is 78.0 Å². The fraction of sp³-hybridized carbons (Fsp3) is 0.190. The summed E-state index contributed by atoms with van der Waals surface area (Å²) in [6, 6.07) is 12.5. The van der Waals surface area contributed by atoms with Crippen LogP contribution in [0.5, 0.6) is 0 Å². The zero-order chi connectivity index (χ0) is 18.8. The third-order valence-electron chi connectivity index (χ3n) is 4.73. The first-order valence-corrected chi connectivity index (χ1v) is 8.78. The third-order valence-corrected chi connectivity index (χ3v) is 4.73. The van der Waals surface area contributed by atoms with Gasteiger partial charge in [0.15, 0.2) is 0 Å². The highest BCUT2D eigenvalue weighted by atomic mass is 16.3. The number of aryl methyl sites for hydroxylation is 1. The second kappa shape index (κ2) is 7.07. The summed E-state index contributed by atoms with van der Waals surface area (Å²) in [6.07, 6.45) is 5.56. The topological polar surface area (TPSA) is 84.2 Å². The number of hydrogen-bond acceptors (Lipinski definition) is 4. The van der Waals surface area contributed by atoms with Crippen LogP contribution in [0.1, 0.15) is 34.0 Å². The number of furan rings is 1. The molecule has 0 bridgehead atoms. The van der Waals surface area contributed by atoms with Gasteiger partial charge in [-0.2, -0.15) is 0 Å². The van der Waals surface area contributed by atoms with E-state index in [1.54, 1.807) is 36.9 Å². The van der Waals surface area contributed by atoms with Crippen LogP contribution in [0, 0.1) is 12.8 Å². The number of rotatable bonds is 5. The van der Waals surface area contributed by atoms with Crippen LogP contribution in [0.25, 0.3) is 0 Å². The minimum atomic E-state index is -0.218. The van der Waals surface area contributed by atoms with Crippen LogP contribution in [-0.2, 0) is 4.79 Å². The van der Waals surface area contributed by atoms with Crippen molar-refractivity contribution < 1.29 is 14.0 Å². The van der Waals surface area contributed by atoms with Gasteiger partial charge in [-0.15, -0.1) is 0 Å². The SMILES string of the molecule is Cc1ccc(NC(=O)C2CC2c2ccco2)cc1NC(=O)c1ccncc1. The molecular weight excluding hydrogens is 342 g/mol. The molecule has 1 saturated carbocycles. The third kappa shape index (κ3) is 3.74. The Bertz CT molecular complexity index is 968. The Hall–Kier alpha value is -3.41. The minimum Gasteiger partial charge on any atom is -0.469 e. The second-order valence-electron chi connectivity index (χ2n) is 6.67. The highest BCUT2D eigenvalue weighted by Gasteiger charge is 2.45. The molecule has 2 N–H and O–H groups in total. The highest BCUT2D eigenvalue weighted by Crippen LogP contribution is 2.48. The molecule has 3 aromatic rings. The van der Waals surface area contributed by atoms with E-state index in [4.69, 9.17) is 4.42 Å². The van der Waals surface area contributed by atoms with Crippen LogP contribution < -0.4 is 10.6 Å². The van der Waals surface area contributed by atoms with Gasteiger partial charge in [0.25, 0.3) is 5.91 Å². The number of carbonyl (C=O) groups excluding carboxylic acids is 2. The molecule has 1 aliphatic rings. The highest BCUT2D eigenvalue weighted by molar-refractivity contribution is 6.05. The number of nitrogens with one attached hydrogen (secondary N) is 2. The first-order chi connectivity index (χ1) is 13.1. The summed E-state index contributed by atoms with van der Waals surface area (Å²) in [4.78, 5) is 28.7. The molecule has 1 aliphatic carbocycles. The Morgan fingerprint density at radius 3 is 2.67 bits per heavy atom. The molecule has 1 fully saturated rings. The molecule has 0 saturated heterocycles. The molecule has 1 aromatic carbocycles. The average molecular weight is 361 g/mol. The number of benzene rings is 1. The van der Waals surface area contributed by atoms with Gasteiger partial charge < -0.3 is 15.1 Å². The summed E-state index contributed by atoms with van der Waals surface area (Å²) < 4.78 is 5.38. The molecule has 136 valence electrons. The van der Waals surface area contributed by atoms with E-state index in [-0.39, 0.29) is 23.7 Å². The lowest BCUT2D eigenvalue weighted by atomic mass is 10.1. The smallest absolute Gasteiger partial charge is 0.255 e. The van der Waals surface area contributed by atoms with E-state index < -0.39 is 0 Å². The van der Waals surface area contributed by atoms with Crippen molar-refractivity contribution in [3.63, 3.8) is 0 Å².